The highest BCUT2D eigenvalue weighted by atomic mass is 79.9. The van der Waals surface area contributed by atoms with Crippen molar-refractivity contribution < 1.29 is 0 Å². The molecule has 21 heavy (non-hydrogen) atoms. The predicted octanol–water partition coefficient (Wildman–Crippen LogP) is 5.91. The monoisotopic (exact) mass is 341 g/mol. The fourth-order valence-corrected chi connectivity index (χ4v) is 2.90. The molecule has 0 spiro atoms. The van der Waals surface area contributed by atoms with Crippen LogP contribution < -0.4 is 0 Å². The van der Waals surface area contributed by atoms with E-state index in [0.717, 1.165) is 35.7 Å². The lowest BCUT2D eigenvalue weighted by atomic mass is 9.94. The van der Waals surface area contributed by atoms with Gasteiger partial charge in [-0.1, -0.05) is 53.6 Å². The summed E-state index contributed by atoms with van der Waals surface area (Å²) < 4.78 is 1.14. The van der Waals surface area contributed by atoms with Gasteiger partial charge in [0.15, 0.2) is 0 Å². The second-order valence-corrected chi connectivity index (χ2v) is 6.16. The maximum absolute atomic E-state index is 9.09. The molecule has 0 N–H and O–H groups in total. The van der Waals surface area contributed by atoms with Crippen molar-refractivity contribution in [3.05, 3.63) is 63.7 Å². The molecule has 2 heteroatoms. The first-order valence-electron chi connectivity index (χ1n) is 7.52. The molecule has 1 aliphatic rings. The molecule has 0 radical (unpaired) electrons. The first-order valence-corrected chi connectivity index (χ1v) is 8.31. The van der Waals surface area contributed by atoms with E-state index in [2.05, 4.69) is 59.3 Å². The molecule has 1 aliphatic carbocycles. The van der Waals surface area contributed by atoms with Gasteiger partial charge in [-0.3, -0.25) is 0 Å². The molecule has 108 valence electrons. The van der Waals surface area contributed by atoms with Gasteiger partial charge >= 0.3 is 0 Å². The van der Waals surface area contributed by atoms with Crippen LogP contribution in [0.2, 0.25) is 0 Å². The fraction of sp³-hybridized carbons (Fsp3) is 0.316. The topological polar surface area (TPSA) is 23.8 Å². The molecule has 1 nitrogen and oxygen atoms in total. The van der Waals surface area contributed by atoms with Gasteiger partial charge in [0.2, 0.25) is 0 Å². The Bertz CT molecular complexity index is 629. The molecular formula is C19H20BrN. The smallest absolute Gasteiger partial charge is 0.0991 e. The Hall–Kier alpha value is -1.59. The summed E-state index contributed by atoms with van der Waals surface area (Å²) in [7, 11) is 0. The third kappa shape index (κ3) is 4.44. The summed E-state index contributed by atoms with van der Waals surface area (Å²) in [6.45, 7) is 2.18. The molecule has 2 rings (SSSR count). The van der Waals surface area contributed by atoms with Crippen LogP contribution in [0.3, 0.4) is 0 Å². The highest BCUT2D eigenvalue weighted by Crippen LogP contribution is 2.26. The zero-order valence-corrected chi connectivity index (χ0v) is 14.0. The van der Waals surface area contributed by atoms with Gasteiger partial charge in [-0.15, -0.1) is 0 Å². The molecule has 0 unspecified atom stereocenters. The van der Waals surface area contributed by atoms with Crippen molar-refractivity contribution in [2.24, 2.45) is 0 Å². The third-order valence-corrected chi connectivity index (χ3v) is 4.19. The zero-order valence-electron chi connectivity index (χ0n) is 12.4. The predicted molar refractivity (Wildman–Crippen MR) is 93.1 cm³/mol. The highest BCUT2D eigenvalue weighted by Gasteiger charge is 2.07. The molecular weight excluding hydrogens is 322 g/mol. The van der Waals surface area contributed by atoms with Gasteiger partial charge in [0.25, 0.3) is 0 Å². The van der Waals surface area contributed by atoms with Crippen LogP contribution in [0.4, 0.5) is 0 Å². The average Bonchev–Trinajstić information content (AvgIpc) is 2.60. The van der Waals surface area contributed by atoms with Gasteiger partial charge in [-0.05, 0) is 60.6 Å². The van der Waals surface area contributed by atoms with E-state index in [1.54, 1.807) is 0 Å². The summed E-state index contributed by atoms with van der Waals surface area (Å²) in [5.41, 5.74) is 4.53. The lowest BCUT2D eigenvalue weighted by Crippen LogP contribution is -1.94. The summed E-state index contributed by atoms with van der Waals surface area (Å²) in [4.78, 5) is 0. The molecule has 0 saturated carbocycles. The summed E-state index contributed by atoms with van der Waals surface area (Å²) >= 11 is 3.58. The van der Waals surface area contributed by atoms with Crippen molar-refractivity contribution in [3.8, 4) is 6.07 Å². The number of aryl methyl sites for hydroxylation is 1. The number of hydrogen-bond acceptors (Lipinski definition) is 1. The molecule has 1 aromatic carbocycles. The summed E-state index contributed by atoms with van der Waals surface area (Å²) in [5, 5.41) is 9.09. The lowest BCUT2D eigenvalue weighted by molar-refractivity contribution is 0.869. The minimum Gasteiger partial charge on any atom is -0.192 e. The zero-order chi connectivity index (χ0) is 15.1. The first-order chi connectivity index (χ1) is 10.2. The number of benzene rings is 1. The van der Waals surface area contributed by atoms with Crippen LogP contribution >= 0.6 is 15.9 Å². The Labute approximate surface area is 135 Å². The van der Waals surface area contributed by atoms with Crippen LogP contribution in [0.25, 0.3) is 5.57 Å². The SMILES string of the molecule is CCCc1cc(C#N)ccc1C1=C\CCCC=C(Br)/C=C\1. The van der Waals surface area contributed by atoms with E-state index in [9.17, 15) is 0 Å². The van der Waals surface area contributed by atoms with Crippen LogP contribution in [0.15, 0.2) is 47.0 Å². The van der Waals surface area contributed by atoms with Crippen molar-refractivity contribution in [1.29, 1.82) is 5.26 Å². The van der Waals surface area contributed by atoms with Gasteiger partial charge in [0.05, 0.1) is 11.6 Å². The van der Waals surface area contributed by atoms with E-state index in [1.807, 2.05) is 12.1 Å². The summed E-state index contributed by atoms with van der Waals surface area (Å²) in [6.07, 6.45) is 14.3. The molecule has 0 bridgehead atoms. The van der Waals surface area contributed by atoms with Crippen molar-refractivity contribution in [2.75, 3.05) is 0 Å². The van der Waals surface area contributed by atoms with E-state index in [4.69, 9.17) is 5.26 Å². The Kier molecular flexibility index (Phi) is 6.02. The van der Waals surface area contributed by atoms with E-state index < -0.39 is 0 Å². The number of rotatable bonds is 3. The molecule has 0 fully saturated rings. The molecule has 0 heterocycles. The molecule has 0 aromatic heterocycles. The molecule has 0 atom stereocenters. The quantitative estimate of drug-likeness (QED) is 0.669. The fourth-order valence-electron chi connectivity index (χ4n) is 2.54. The number of halogens is 1. The van der Waals surface area contributed by atoms with Gasteiger partial charge in [0.1, 0.15) is 0 Å². The van der Waals surface area contributed by atoms with Crippen LogP contribution in [0.5, 0.6) is 0 Å². The highest BCUT2D eigenvalue weighted by molar-refractivity contribution is 9.11. The van der Waals surface area contributed by atoms with Crippen molar-refractivity contribution in [3.63, 3.8) is 0 Å². The second kappa shape index (κ2) is 8.00. The normalized spacial score (nSPS) is 19.3. The molecule has 0 amide bonds. The first kappa shape index (κ1) is 15.8. The van der Waals surface area contributed by atoms with E-state index in [0.29, 0.717) is 0 Å². The Morgan fingerprint density at radius 1 is 1.19 bits per heavy atom. The molecule has 0 saturated heterocycles. The summed E-state index contributed by atoms with van der Waals surface area (Å²) in [6, 6.07) is 8.28. The van der Waals surface area contributed by atoms with Crippen molar-refractivity contribution in [1.82, 2.24) is 0 Å². The molecule has 0 aliphatic heterocycles. The Balaban J connectivity index is 2.43. The standard InChI is InChI=1S/C19H20BrN/c1-2-6-17-13-15(14-21)9-12-19(17)16-7-4-3-5-8-18(20)11-10-16/h7-13H,2-6H2,1H3/b11-10-,16-7-,18-8?. The van der Waals surface area contributed by atoms with Crippen LogP contribution in [-0.2, 0) is 6.42 Å². The molecule has 1 aromatic rings. The number of nitriles is 1. The minimum atomic E-state index is 0.746. The Morgan fingerprint density at radius 3 is 2.76 bits per heavy atom. The van der Waals surface area contributed by atoms with Crippen LogP contribution in [0, 0.1) is 11.3 Å². The number of hydrogen-bond donors (Lipinski definition) is 0. The van der Waals surface area contributed by atoms with Crippen molar-refractivity contribution in [2.45, 2.75) is 39.0 Å². The van der Waals surface area contributed by atoms with Gasteiger partial charge < -0.3 is 0 Å². The lowest BCUT2D eigenvalue weighted by Gasteiger charge is -2.11. The maximum atomic E-state index is 9.09. The van der Waals surface area contributed by atoms with Gasteiger partial charge in [-0.2, -0.15) is 5.26 Å². The average molecular weight is 342 g/mol. The number of allylic oxidation sites excluding steroid dienone is 6. The number of nitrogens with zero attached hydrogens (tertiary/aromatic N) is 1. The summed E-state index contributed by atoms with van der Waals surface area (Å²) in [5.74, 6) is 0. The third-order valence-electron chi connectivity index (χ3n) is 3.60. The largest absolute Gasteiger partial charge is 0.192 e. The van der Waals surface area contributed by atoms with Crippen LogP contribution in [0.1, 0.15) is 49.3 Å². The Morgan fingerprint density at radius 2 is 2.00 bits per heavy atom. The van der Waals surface area contributed by atoms with E-state index in [1.165, 1.54) is 23.1 Å². The minimum absolute atomic E-state index is 0.746. The maximum Gasteiger partial charge on any atom is 0.0991 e. The van der Waals surface area contributed by atoms with Gasteiger partial charge in [0, 0.05) is 4.48 Å². The second-order valence-electron chi connectivity index (χ2n) is 5.25. The van der Waals surface area contributed by atoms with E-state index in [-0.39, 0.29) is 0 Å². The van der Waals surface area contributed by atoms with E-state index >= 15 is 0 Å². The van der Waals surface area contributed by atoms with Crippen LogP contribution in [-0.4, -0.2) is 0 Å². The van der Waals surface area contributed by atoms with Crippen molar-refractivity contribution >= 4 is 21.5 Å². The van der Waals surface area contributed by atoms with Gasteiger partial charge in [-0.25, -0.2) is 0 Å².